The molecule has 1 aliphatic rings. The molecule has 0 atom stereocenters. The monoisotopic (exact) mass is 350 g/mol. The molecule has 1 aromatic heterocycles. The van der Waals surface area contributed by atoms with E-state index in [0.717, 1.165) is 6.54 Å². The van der Waals surface area contributed by atoms with Crippen LogP contribution in [0.15, 0.2) is 0 Å². The quantitative estimate of drug-likeness (QED) is 0.606. The predicted molar refractivity (Wildman–Crippen MR) is 96.0 cm³/mol. The zero-order chi connectivity index (χ0) is 18.4. The molecule has 1 N–H and O–H groups in total. The Balaban J connectivity index is 2.06. The minimum atomic E-state index is -0.419. The van der Waals surface area contributed by atoms with Crippen LogP contribution in [-0.2, 0) is 9.47 Å². The van der Waals surface area contributed by atoms with Crippen LogP contribution in [0.5, 0.6) is 0 Å². The number of aryl methyl sites for hydroxylation is 1. The number of aromatic amines is 1. The Hall–Kier alpha value is -1.82. The lowest BCUT2D eigenvalue weighted by Gasteiger charge is -2.27. The van der Waals surface area contributed by atoms with Crippen LogP contribution in [0.4, 0.5) is 0 Å². The second-order valence-electron chi connectivity index (χ2n) is 6.94. The molecule has 1 amide bonds. The van der Waals surface area contributed by atoms with E-state index < -0.39 is 5.97 Å². The number of nitrogens with zero attached hydrogens (tertiary/aromatic N) is 1. The summed E-state index contributed by atoms with van der Waals surface area (Å²) < 4.78 is 10.1. The van der Waals surface area contributed by atoms with Gasteiger partial charge in [0.2, 0.25) is 0 Å². The molecular formula is C19H30N2O4. The van der Waals surface area contributed by atoms with Crippen LogP contribution in [-0.4, -0.2) is 55.7 Å². The lowest BCUT2D eigenvalue weighted by molar-refractivity contribution is 0.0387. The van der Waals surface area contributed by atoms with Crippen molar-refractivity contribution in [3.8, 4) is 0 Å². The number of amides is 1. The third-order valence-corrected chi connectivity index (χ3v) is 4.98. The van der Waals surface area contributed by atoms with Crippen LogP contribution in [0.1, 0.15) is 64.2 Å². The summed E-state index contributed by atoms with van der Waals surface area (Å²) in [6.07, 6.45) is 6.20. The molecule has 1 saturated carbocycles. The van der Waals surface area contributed by atoms with E-state index in [1.165, 1.54) is 32.1 Å². The third-order valence-electron chi connectivity index (χ3n) is 4.98. The van der Waals surface area contributed by atoms with E-state index in [9.17, 15) is 9.59 Å². The number of H-pyrrole nitrogens is 1. The van der Waals surface area contributed by atoms with Crippen molar-refractivity contribution in [2.24, 2.45) is 5.92 Å². The highest BCUT2D eigenvalue weighted by molar-refractivity contribution is 6.00. The van der Waals surface area contributed by atoms with Crippen molar-refractivity contribution in [3.63, 3.8) is 0 Å². The van der Waals surface area contributed by atoms with E-state index >= 15 is 0 Å². The van der Waals surface area contributed by atoms with Crippen LogP contribution >= 0.6 is 0 Å². The van der Waals surface area contributed by atoms with Gasteiger partial charge in [0.15, 0.2) is 0 Å². The molecule has 6 nitrogen and oxygen atoms in total. The van der Waals surface area contributed by atoms with Crippen molar-refractivity contribution in [1.82, 2.24) is 9.88 Å². The zero-order valence-electron chi connectivity index (χ0n) is 15.8. The molecule has 0 radical (unpaired) electrons. The molecule has 1 aliphatic carbocycles. The summed E-state index contributed by atoms with van der Waals surface area (Å²) >= 11 is 0. The first-order chi connectivity index (χ1) is 12.0. The second-order valence-corrected chi connectivity index (χ2v) is 6.94. The maximum Gasteiger partial charge on any atom is 0.340 e. The summed E-state index contributed by atoms with van der Waals surface area (Å²) in [5.41, 5.74) is 2.25. The van der Waals surface area contributed by atoms with E-state index in [1.54, 1.807) is 25.9 Å². The van der Waals surface area contributed by atoms with Gasteiger partial charge in [-0.2, -0.15) is 0 Å². The number of methoxy groups -OCH3 is 1. The van der Waals surface area contributed by atoms with Crippen molar-refractivity contribution in [3.05, 3.63) is 22.5 Å². The van der Waals surface area contributed by atoms with Gasteiger partial charge in [0, 0.05) is 26.4 Å². The van der Waals surface area contributed by atoms with Crippen molar-refractivity contribution >= 4 is 11.9 Å². The number of rotatable bonds is 7. The molecule has 25 heavy (non-hydrogen) atoms. The van der Waals surface area contributed by atoms with Gasteiger partial charge in [-0.3, -0.25) is 4.79 Å². The zero-order valence-corrected chi connectivity index (χ0v) is 15.8. The number of hydrogen-bond donors (Lipinski definition) is 1. The number of esters is 1. The van der Waals surface area contributed by atoms with Crippen molar-refractivity contribution < 1.29 is 19.1 Å². The standard InChI is InChI=1S/C19H30N2O4/c1-13-16(19(23)25-11-10-24-4)14(2)20-17(13)18(22)21(3)12-15-8-6-5-7-9-15/h15,20H,5-12H2,1-4H3. The number of aromatic nitrogens is 1. The largest absolute Gasteiger partial charge is 0.460 e. The molecule has 0 aliphatic heterocycles. The molecule has 0 bridgehead atoms. The number of ether oxygens (including phenoxy) is 2. The average molecular weight is 350 g/mol. The fraction of sp³-hybridized carbons (Fsp3) is 0.684. The minimum absolute atomic E-state index is 0.0675. The summed E-state index contributed by atoms with van der Waals surface area (Å²) in [4.78, 5) is 29.9. The van der Waals surface area contributed by atoms with Gasteiger partial charge < -0.3 is 19.4 Å². The van der Waals surface area contributed by atoms with Gasteiger partial charge in [0.25, 0.3) is 5.91 Å². The highest BCUT2D eigenvalue weighted by atomic mass is 16.6. The first kappa shape index (κ1) is 19.5. The molecule has 0 spiro atoms. The van der Waals surface area contributed by atoms with Crippen LogP contribution < -0.4 is 0 Å². The minimum Gasteiger partial charge on any atom is -0.460 e. The van der Waals surface area contributed by atoms with Gasteiger partial charge >= 0.3 is 5.97 Å². The van der Waals surface area contributed by atoms with Crippen LogP contribution in [0.3, 0.4) is 0 Å². The Bertz CT molecular complexity index is 603. The molecule has 140 valence electrons. The molecule has 6 heteroatoms. The summed E-state index contributed by atoms with van der Waals surface area (Å²) in [5.74, 6) is 0.0944. The van der Waals surface area contributed by atoms with Gasteiger partial charge in [-0.15, -0.1) is 0 Å². The summed E-state index contributed by atoms with van der Waals surface area (Å²) in [7, 11) is 3.39. The van der Waals surface area contributed by atoms with Crippen LogP contribution in [0.25, 0.3) is 0 Å². The number of hydrogen-bond acceptors (Lipinski definition) is 4. The molecule has 0 aromatic carbocycles. The van der Waals surface area contributed by atoms with Gasteiger partial charge in [-0.25, -0.2) is 4.79 Å². The van der Waals surface area contributed by atoms with Gasteiger partial charge in [-0.1, -0.05) is 19.3 Å². The molecular weight excluding hydrogens is 320 g/mol. The normalized spacial score (nSPS) is 15.2. The lowest BCUT2D eigenvalue weighted by atomic mass is 9.89. The first-order valence-corrected chi connectivity index (χ1v) is 9.06. The first-order valence-electron chi connectivity index (χ1n) is 9.06. The molecule has 1 heterocycles. The smallest absolute Gasteiger partial charge is 0.340 e. The predicted octanol–water partition coefficient (Wildman–Crippen LogP) is 3.09. The Morgan fingerprint density at radius 1 is 1.16 bits per heavy atom. The van der Waals surface area contributed by atoms with Crippen molar-refractivity contribution in [2.45, 2.75) is 46.0 Å². The van der Waals surface area contributed by atoms with E-state index in [4.69, 9.17) is 9.47 Å². The van der Waals surface area contributed by atoms with E-state index in [0.29, 0.717) is 35.0 Å². The summed E-state index contributed by atoms with van der Waals surface area (Å²) in [5, 5.41) is 0. The Labute approximate surface area is 149 Å². The Morgan fingerprint density at radius 3 is 2.48 bits per heavy atom. The third kappa shape index (κ3) is 4.84. The highest BCUT2D eigenvalue weighted by Crippen LogP contribution is 2.25. The molecule has 0 unspecified atom stereocenters. The Morgan fingerprint density at radius 2 is 1.84 bits per heavy atom. The lowest BCUT2D eigenvalue weighted by Crippen LogP contribution is -2.33. The van der Waals surface area contributed by atoms with E-state index in [-0.39, 0.29) is 12.5 Å². The maximum atomic E-state index is 12.8. The summed E-state index contributed by atoms with van der Waals surface area (Å²) in [6, 6.07) is 0. The van der Waals surface area contributed by atoms with Gasteiger partial charge in [0.05, 0.1) is 12.2 Å². The van der Waals surface area contributed by atoms with Gasteiger partial charge in [0.1, 0.15) is 12.3 Å². The molecule has 1 fully saturated rings. The number of carbonyl (C=O) groups is 2. The molecule has 1 aromatic rings. The van der Waals surface area contributed by atoms with Crippen LogP contribution in [0.2, 0.25) is 0 Å². The molecule has 0 saturated heterocycles. The number of nitrogens with one attached hydrogen (secondary N) is 1. The fourth-order valence-corrected chi connectivity index (χ4v) is 3.59. The Kier molecular flexibility index (Phi) is 7.05. The molecule has 2 rings (SSSR count). The van der Waals surface area contributed by atoms with Crippen LogP contribution in [0, 0.1) is 19.8 Å². The van der Waals surface area contributed by atoms with Crippen molar-refractivity contribution in [2.75, 3.05) is 33.9 Å². The topological polar surface area (TPSA) is 71.6 Å². The van der Waals surface area contributed by atoms with Crippen molar-refractivity contribution in [1.29, 1.82) is 0 Å². The van der Waals surface area contributed by atoms with E-state index in [2.05, 4.69) is 4.98 Å². The number of carbonyl (C=O) groups excluding carboxylic acids is 2. The maximum absolute atomic E-state index is 12.8. The average Bonchev–Trinajstić information content (AvgIpc) is 2.89. The SMILES string of the molecule is COCCOC(=O)c1c(C)[nH]c(C(=O)N(C)CC2CCCCC2)c1C. The summed E-state index contributed by atoms with van der Waals surface area (Å²) in [6.45, 7) is 4.90. The second kappa shape index (κ2) is 9.04. The van der Waals surface area contributed by atoms with E-state index in [1.807, 2.05) is 7.05 Å². The van der Waals surface area contributed by atoms with Gasteiger partial charge in [-0.05, 0) is 38.2 Å². The fourth-order valence-electron chi connectivity index (χ4n) is 3.59. The highest BCUT2D eigenvalue weighted by Gasteiger charge is 2.26.